The number of carbonyl (C=O) groups excluding carboxylic acids is 5. The Hall–Kier alpha value is -4.99. The number of sulfonamides is 1. The van der Waals surface area contributed by atoms with Gasteiger partial charge in [-0.15, -0.1) is 6.58 Å². The average Bonchev–Trinajstić information content (AvgIpc) is 3.86. The van der Waals surface area contributed by atoms with Crippen molar-refractivity contribution in [1.82, 2.24) is 25.2 Å². The van der Waals surface area contributed by atoms with E-state index in [9.17, 15) is 32.4 Å². The minimum absolute atomic E-state index is 0.0511. The highest BCUT2D eigenvalue weighted by atomic mass is 32.2. The fourth-order valence-electron chi connectivity index (χ4n) is 5.81. The third-order valence-electron chi connectivity index (χ3n) is 8.42. The first-order valence-electron chi connectivity index (χ1n) is 17.4. The Kier molecular flexibility index (Phi) is 13.3. The van der Waals surface area contributed by atoms with Crippen LogP contribution in [-0.4, -0.2) is 96.6 Å². The molecule has 1 aliphatic carbocycles. The van der Waals surface area contributed by atoms with Crippen LogP contribution in [0.25, 0.3) is 10.8 Å². The Morgan fingerprint density at radius 1 is 1.08 bits per heavy atom. The number of methoxy groups -OCH3 is 1. The van der Waals surface area contributed by atoms with E-state index in [1.165, 1.54) is 17.1 Å². The maximum absolute atomic E-state index is 14.4. The molecule has 4 atom stereocenters. The van der Waals surface area contributed by atoms with Gasteiger partial charge in [-0.25, -0.2) is 18.2 Å². The molecule has 0 radical (unpaired) electrons. The minimum Gasteiger partial charge on any atom is -0.497 e. The second kappa shape index (κ2) is 17.2. The zero-order chi connectivity index (χ0) is 39.1. The van der Waals surface area contributed by atoms with Crippen molar-refractivity contribution in [3.8, 4) is 11.6 Å². The van der Waals surface area contributed by atoms with Crippen LogP contribution in [0.5, 0.6) is 11.6 Å². The van der Waals surface area contributed by atoms with Gasteiger partial charge < -0.3 is 29.7 Å². The highest BCUT2D eigenvalue weighted by Gasteiger charge is 2.45. The second-order valence-corrected chi connectivity index (χ2v) is 16.4. The molecule has 53 heavy (non-hydrogen) atoms. The van der Waals surface area contributed by atoms with Crippen LogP contribution >= 0.6 is 0 Å². The molecule has 2 heterocycles. The average molecular weight is 756 g/mol. The molecule has 1 saturated carbocycles. The summed E-state index contributed by atoms with van der Waals surface area (Å²) >= 11 is 0. The van der Waals surface area contributed by atoms with Crippen LogP contribution in [-0.2, 0) is 33.9 Å². The number of alkyl carbamates (subject to hydrolysis) is 1. The van der Waals surface area contributed by atoms with E-state index < -0.39 is 68.9 Å². The van der Waals surface area contributed by atoms with Crippen LogP contribution in [0, 0.1) is 0 Å². The first kappa shape index (κ1) is 40.8. The summed E-state index contributed by atoms with van der Waals surface area (Å²) in [6.45, 7) is 12.0. The predicted octanol–water partition coefficient (Wildman–Crippen LogP) is 3.47. The summed E-state index contributed by atoms with van der Waals surface area (Å²) in [7, 11) is -2.37. The van der Waals surface area contributed by atoms with Crippen molar-refractivity contribution in [2.24, 2.45) is 0 Å². The summed E-state index contributed by atoms with van der Waals surface area (Å²) in [5.74, 6) is -1.78. The van der Waals surface area contributed by atoms with Gasteiger partial charge in [0.1, 0.15) is 35.6 Å². The molecule has 4 amide bonds. The van der Waals surface area contributed by atoms with Crippen molar-refractivity contribution in [2.75, 3.05) is 13.7 Å². The largest absolute Gasteiger partial charge is 0.497 e. The van der Waals surface area contributed by atoms with Gasteiger partial charge in [-0.05, 0) is 96.0 Å². The number of hydrogen-bond donors (Lipinski definition) is 3. The number of benzene rings is 1. The highest BCUT2D eigenvalue weighted by Crippen LogP contribution is 2.31. The molecular weight excluding hydrogens is 706 g/mol. The lowest BCUT2D eigenvalue weighted by atomic mass is 10.1. The molecule has 1 aliphatic heterocycles. The van der Waals surface area contributed by atoms with Gasteiger partial charge in [-0.3, -0.25) is 23.9 Å². The van der Waals surface area contributed by atoms with Crippen molar-refractivity contribution in [3.05, 3.63) is 54.8 Å². The minimum atomic E-state index is -3.92. The van der Waals surface area contributed by atoms with Crippen LogP contribution in [0.4, 0.5) is 4.79 Å². The van der Waals surface area contributed by atoms with Crippen LogP contribution in [0.15, 0.2) is 54.8 Å². The van der Waals surface area contributed by atoms with Gasteiger partial charge in [0.05, 0.1) is 18.9 Å². The number of carbonyl (C=O) groups is 5. The van der Waals surface area contributed by atoms with Crippen LogP contribution in [0.1, 0.15) is 73.1 Å². The van der Waals surface area contributed by atoms with Crippen LogP contribution < -0.4 is 24.8 Å². The van der Waals surface area contributed by atoms with Crippen molar-refractivity contribution >= 4 is 50.4 Å². The molecule has 0 bridgehead atoms. The summed E-state index contributed by atoms with van der Waals surface area (Å²) in [6, 6.07) is 3.27. The van der Waals surface area contributed by atoms with Gasteiger partial charge in [0, 0.05) is 24.4 Å². The monoisotopic (exact) mass is 755 g/mol. The standard InChI is InChI=1S/C37H49N5O10S/c1-8-9-29(32(44)41-53(48,49)27-12-13-27)39-33(45)31-20-26(51-34-28-14-11-25(50-7)19-23(28)16-17-38-34)21-42(31)35(46)30(15-10-24(43)18-22(2)3)40-36(47)52-37(4,5)6/h8,11,14,16-19,26-27,29-31H,1,9-10,12-13,15,20-21H2,2-7H3,(H,39,45)(H,40,47)(H,41,44). The van der Waals surface area contributed by atoms with E-state index in [1.54, 1.807) is 66.1 Å². The van der Waals surface area contributed by atoms with E-state index in [2.05, 4.69) is 22.2 Å². The number of amides is 4. The molecule has 2 aromatic rings. The van der Waals surface area contributed by atoms with E-state index >= 15 is 0 Å². The van der Waals surface area contributed by atoms with Gasteiger partial charge in [0.25, 0.3) is 5.91 Å². The SMILES string of the molecule is C=CCC(NC(=O)C1CC(Oc2nccc3cc(OC)ccc23)CN1C(=O)C(CCC(=O)C=C(C)C)NC(=O)OC(C)(C)C)C(=O)NS(=O)(=O)C1CC1. The molecule has 1 aromatic carbocycles. The van der Waals surface area contributed by atoms with Gasteiger partial charge >= 0.3 is 6.09 Å². The number of allylic oxidation sites excluding steroid dienone is 2. The number of ketones is 1. The van der Waals surface area contributed by atoms with E-state index in [0.29, 0.717) is 24.0 Å². The third kappa shape index (κ3) is 11.5. The molecule has 2 fully saturated rings. The number of hydrogen-bond acceptors (Lipinski definition) is 11. The summed E-state index contributed by atoms with van der Waals surface area (Å²) < 4.78 is 44.2. The number of pyridine rings is 1. The Morgan fingerprint density at radius 2 is 1.79 bits per heavy atom. The quantitative estimate of drug-likeness (QED) is 0.167. The van der Waals surface area contributed by atoms with E-state index in [-0.39, 0.29) is 43.9 Å². The Morgan fingerprint density at radius 3 is 2.42 bits per heavy atom. The summed E-state index contributed by atoms with van der Waals surface area (Å²) in [6.07, 6.45) is 3.18. The third-order valence-corrected chi connectivity index (χ3v) is 10.3. The molecule has 15 nitrogen and oxygen atoms in total. The first-order chi connectivity index (χ1) is 24.9. The molecule has 3 N–H and O–H groups in total. The van der Waals surface area contributed by atoms with E-state index in [0.717, 1.165) is 11.0 Å². The maximum atomic E-state index is 14.4. The second-order valence-electron chi connectivity index (χ2n) is 14.4. The summed E-state index contributed by atoms with van der Waals surface area (Å²) in [5.41, 5.74) is -0.133. The molecule has 1 saturated heterocycles. The molecule has 4 unspecified atom stereocenters. The Bertz CT molecular complexity index is 1860. The molecule has 288 valence electrons. The lowest BCUT2D eigenvalue weighted by Crippen LogP contribution is -2.57. The number of nitrogens with one attached hydrogen (secondary N) is 3. The maximum Gasteiger partial charge on any atom is 0.408 e. The lowest BCUT2D eigenvalue weighted by molar-refractivity contribution is -0.141. The number of fused-ring (bicyclic) bond motifs is 1. The van der Waals surface area contributed by atoms with Gasteiger partial charge in [0.2, 0.25) is 27.7 Å². The van der Waals surface area contributed by atoms with Crippen molar-refractivity contribution < 1.29 is 46.6 Å². The highest BCUT2D eigenvalue weighted by molar-refractivity contribution is 7.90. The molecular formula is C37H49N5O10S. The van der Waals surface area contributed by atoms with Crippen molar-refractivity contribution in [3.63, 3.8) is 0 Å². The van der Waals surface area contributed by atoms with Crippen LogP contribution in [0.3, 0.4) is 0 Å². The smallest absolute Gasteiger partial charge is 0.408 e. The zero-order valence-electron chi connectivity index (χ0n) is 31.0. The van der Waals surface area contributed by atoms with Crippen molar-refractivity contribution in [2.45, 2.75) is 108 Å². The number of likely N-dealkylation sites (tertiary alicyclic amines) is 1. The summed E-state index contributed by atoms with van der Waals surface area (Å²) in [5, 5.41) is 5.93. The fourth-order valence-corrected chi connectivity index (χ4v) is 7.16. The molecule has 1 aromatic heterocycles. The predicted molar refractivity (Wildman–Crippen MR) is 196 cm³/mol. The summed E-state index contributed by atoms with van der Waals surface area (Å²) in [4.78, 5) is 72.7. The molecule has 0 spiro atoms. The van der Waals surface area contributed by atoms with Gasteiger partial charge in [-0.1, -0.05) is 11.6 Å². The normalized spacial score (nSPS) is 18.3. The molecule has 16 heteroatoms. The zero-order valence-corrected chi connectivity index (χ0v) is 31.8. The lowest BCUT2D eigenvalue weighted by Gasteiger charge is -2.30. The first-order valence-corrected chi connectivity index (χ1v) is 19.0. The van der Waals surface area contributed by atoms with Gasteiger partial charge in [-0.2, -0.15) is 0 Å². The fraction of sp³-hybridized carbons (Fsp3) is 0.514. The van der Waals surface area contributed by atoms with E-state index in [1.807, 2.05) is 10.8 Å². The number of ether oxygens (including phenoxy) is 3. The van der Waals surface area contributed by atoms with Crippen LogP contribution in [0.2, 0.25) is 0 Å². The number of rotatable bonds is 16. The molecule has 4 rings (SSSR count). The Balaban J connectivity index is 1.65. The topological polar surface area (TPSA) is 199 Å². The Labute approximate surface area is 309 Å². The van der Waals surface area contributed by atoms with Crippen molar-refractivity contribution in [1.29, 1.82) is 0 Å². The number of nitrogens with zero attached hydrogens (tertiary/aromatic N) is 2. The molecule has 2 aliphatic rings. The van der Waals surface area contributed by atoms with Gasteiger partial charge in [0.15, 0.2) is 5.78 Å². The number of aromatic nitrogens is 1. The van der Waals surface area contributed by atoms with E-state index in [4.69, 9.17) is 14.2 Å².